The summed E-state index contributed by atoms with van der Waals surface area (Å²) in [4.78, 5) is 40.2. The Morgan fingerprint density at radius 2 is 1.69 bits per heavy atom. The fourth-order valence-electron chi connectivity index (χ4n) is 4.72. The molecule has 1 aromatic carbocycles. The van der Waals surface area contributed by atoms with E-state index in [0.717, 1.165) is 24.8 Å². The van der Waals surface area contributed by atoms with Crippen LogP contribution in [-0.2, 0) is 16.0 Å². The van der Waals surface area contributed by atoms with Crippen molar-refractivity contribution in [1.29, 1.82) is 0 Å². The second-order valence-electron chi connectivity index (χ2n) is 7.54. The zero-order valence-electron chi connectivity index (χ0n) is 14.3. The molecule has 0 unspecified atom stereocenters. The Balaban J connectivity index is 1.49. The Morgan fingerprint density at radius 1 is 0.962 bits per heavy atom. The van der Waals surface area contributed by atoms with Gasteiger partial charge in [-0.2, -0.15) is 0 Å². The highest BCUT2D eigenvalue weighted by Crippen LogP contribution is 2.47. The Morgan fingerprint density at radius 3 is 2.31 bits per heavy atom. The lowest BCUT2D eigenvalue weighted by Crippen LogP contribution is -2.59. The third-order valence-corrected chi connectivity index (χ3v) is 6.32. The minimum Gasteiger partial charge on any atom is -0.274 e. The molecular weight excluding hydrogens is 375 g/mol. The monoisotopic (exact) mass is 394 g/mol. The van der Waals surface area contributed by atoms with Crippen LogP contribution in [0.4, 0.5) is 4.79 Å². The number of rotatable bonds is 4. The Hall–Kier alpha value is -1.59. The van der Waals surface area contributed by atoms with Crippen molar-refractivity contribution in [1.82, 2.24) is 9.80 Å². The van der Waals surface area contributed by atoms with Crippen molar-refractivity contribution in [3.05, 3.63) is 33.8 Å². The van der Waals surface area contributed by atoms with E-state index in [1.165, 1.54) is 16.2 Å². The molecule has 4 rings (SSSR count). The van der Waals surface area contributed by atoms with Gasteiger partial charge in [0.1, 0.15) is 6.42 Å². The molecule has 3 atom stereocenters. The van der Waals surface area contributed by atoms with Crippen molar-refractivity contribution in [2.24, 2.45) is 11.8 Å². The molecular formula is C19H20Cl2N2O3. The maximum atomic E-state index is 12.9. The summed E-state index contributed by atoms with van der Waals surface area (Å²) in [5, 5.41) is 1.03. The number of nitrogens with zero attached hydrogens (tertiary/aromatic N) is 2. The van der Waals surface area contributed by atoms with Crippen LogP contribution >= 0.6 is 23.2 Å². The number of hydrogen-bond acceptors (Lipinski definition) is 3. The van der Waals surface area contributed by atoms with Gasteiger partial charge >= 0.3 is 6.03 Å². The van der Waals surface area contributed by atoms with E-state index in [4.69, 9.17) is 23.2 Å². The number of fused-ring (bicyclic) bond motifs is 2. The van der Waals surface area contributed by atoms with Crippen molar-refractivity contribution in [2.45, 2.75) is 44.6 Å². The van der Waals surface area contributed by atoms with Gasteiger partial charge in [-0.3, -0.25) is 19.4 Å². The van der Waals surface area contributed by atoms with Gasteiger partial charge < -0.3 is 0 Å². The van der Waals surface area contributed by atoms with Crippen molar-refractivity contribution >= 4 is 41.0 Å². The highest BCUT2D eigenvalue weighted by Gasteiger charge is 2.49. The molecule has 138 valence electrons. The fourth-order valence-corrected chi connectivity index (χ4v) is 5.30. The van der Waals surface area contributed by atoms with Gasteiger partial charge in [-0.15, -0.1) is 0 Å². The molecule has 7 heteroatoms. The lowest BCUT2D eigenvalue weighted by molar-refractivity contribution is -0.144. The number of barbiturate groups is 1. The minimum absolute atomic E-state index is 0.0371. The molecule has 5 nitrogen and oxygen atoms in total. The van der Waals surface area contributed by atoms with Crippen LogP contribution in [-0.4, -0.2) is 40.2 Å². The first-order valence-electron chi connectivity index (χ1n) is 9.03. The molecule has 3 fully saturated rings. The summed E-state index contributed by atoms with van der Waals surface area (Å²) < 4.78 is 0. The summed E-state index contributed by atoms with van der Waals surface area (Å²) in [6.45, 7) is 0.221. The topological polar surface area (TPSA) is 57.7 Å². The van der Waals surface area contributed by atoms with Crippen LogP contribution in [0.25, 0.3) is 0 Å². The first kappa shape index (κ1) is 17.8. The zero-order valence-corrected chi connectivity index (χ0v) is 15.8. The van der Waals surface area contributed by atoms with Gasteiger partial charge in [0.2, 0.25) is 11.8 Å². The molecule has 1 aliphatic heterocycles. The van der Waals surface area contributed by atoms with E-state index >= 15 is 0 Å². The molecule has 3 aliphatic rings. The maximum Gasteiger partial charge on any atom is 0.333 e. The Kier molecular flexibility index (Phi) is 4.70. The summed E-state index contributed by atoms with van der Waals surface area (Å²) in [6, 6.07) is 4.68. The van der Waals surface area contributed by atoms with Crippen LogP contribution in [0.5, 0.6) is 0 Å². The van der Waals surface area contributed by atoms with Crippen LogP contribution < -0.4 is 0 Å². The predicted molar refractivity (Wildman–Crippen MR) is 98.0 cm³/mol. The molecule has 1 heterocycles. The van der Waals surface area contributed by atoms with Crippen molar-refractivity contribution < 1.29 is 14.4 Å². The summed E-state index contributed by atoms with van der Waals surface area (Å²) >= 11 is 12.0. The van der Waals surface area contributed by atoms with Crippen LogP contribution in [0.3, 0.4) is 0 Å². The van der Waals surface area contributed by atoms with E-state index in [0.29, 0.717) is 28.3 Å². The smallest absolute Gasteiger partial charge is 0.274 e. The molecule has 1 saturated heterocycles. The molecule has 0 spiro atoms. The first-order chi connectivity index (χ1) is 12.4. The predicted octanol–water partition coefficient (Wildman–Crippen LogP) is 3.91. The first-order valence-corrected chi connectivity index (χ1v) is 9.79. The molecule has 2 bridgehead atoms. The summed E-state index contributed by atoms with van der Waals surface area (Å²) in [7, 11) is 0. The number of imide groups is 2. The number of carbonyl (C=O) groups is 3. The second-order valence-corrected chi connectivity index (χ2v) is 8.41. The van der Waals surface area contributed by atoms with E-state index in [-0.39, 0.29) is 24.9 Å². The van der Waals surface area contributed by atoms with E-state index in [1.54, 1.807) is 18.2 Å². The normalized spacial score (nSPS) is 28.4. The van der Waals surface area contributed by atoms with Crippen LogP contribution in [0, 0.1) is 11.8 Å². The lowest BCUT2D eigenvalue weighted by atomic mass is 9.93. The number of urea groups is 1. The summed E-state index contributed by atoms with van der Waals surface area (Å²) in [5.74, 6) is 0.243. The highest BCUT2D eigenvalue weighted by atomic mass is 35.5. The zero-order chi connectivity index (χ0) is 18.4. The van der Waals surface area contributed by atoms with Gasteiger partial charge in [-0.1, -0.05) is 29.6 Å². The number of carbonyl (C=O) groups excluding carboxylic acids is 3. The molecule has 0 aromatic heterocycles. The van der Waals surface area contributed by atoms with Crippen LogP contribution in [0.15, 0.2) is 18.2 Å². The molecule has 0 radical (unpaired) electrons. The number of halogens is 2. The third-order valence-electron chi connectivity index (χ3n) is 5.89. The molecule has 1 aromatic rings. The Labute approximate surface area is 162 Å². The van der Waals surface area contributed by atoms with E-state index in [1.807, 2.05) is 0 Å². The van der Waals surface area contributed by atoms with Crippen molar-refractivity contribution in [3.8, 4) is 0 Å². The van der Waals surface area contributed by atoms with E-state index in [9.17, 15) is 14.4 Å². The molecule has 0 N–H and O–H groups in total. The molecule has 26 heavy (non-hydrogen) atoms. The largest absolute Gasteiger partial charge is 0.333 e. The lowest BCUT2D eigenvalue weighted by Gasteiger charge is -2.39. The number of benzene rings is 1. The SMILES string of the molecule is O=C1CC(=O)N([C@@H]2C[C@@H]3CC[C@H]2C3)C(=O)N1CCc1cc(Cl)cc(Cl)c1. The third kappa shape index (κ3) is 3.23. The highest BCUT2D eigenvalue weighted by molar-refractivity contribution is 6.34. The van der Waals surface area contributed by atoms with Crippen LogP contribution in [0.1, 0.15) is 37.7 Å². The van der Waals surface area contributed by atoms with Crippen LogP contribution in [0.2, 0.25) is 10.0 Å². The van der Waals surface area contributed by atoms with Crippen molar-refractivity contribution in [2.75, 3.05) is 6.54 Å². The standard InChI is InChI=1S/C19H20Cl2N2O3/c20-14-6-12(7-15(21)9-14)3-4-22-17(24)10-18(25)23(19(22)26)16-8-11-1-2-13(16)5-11/h6-7,9,11,13,16H,1-5,8,10H2/t11-,13+,16-/m1/s1. The van der Waals surface area contributed by atoms with Gasteiger partial charge in [0.15, 0.2) is 0 Å². The second kappa shape index (κ2) is 6.86. The Bertz CT molecular complexity index is 762. The number of amides is 4. The van der Waals surface area contributed by atoms with E-state index < -0.39 is 11.9 Å². The average Bonchev–Trinajstić information content (AvgIpc) is 3.16. The van der Waals surface area contributed by atoms with Gasteiger partial charge in [0.05, 0.1) is 0 Å². The van der Waals surface area contributed by atoms with Crippen molar-refractivity contribution in [3.63, 3.8) is 0 Å². The molecule has 2 aliphatic carbocycles. The fraction of sp³-hybridized carbons (Fsp3) is 0.526. The van der Waals surface area contributed by atoms with E-state index in [2.05, 4.69) is 0 Å². The maximum absolute atomic E-state index is 12.9. The molecule has 4 amide bonds. The molecule has 2 saturated carbocycles. The quantitative estimate of drug-likeness (QED) is 0.727. The van der Waals surface area contributed by atoms with Gasteiger partial charge in [-0.25, -0.2) is 4.79 Å². The van der Waals surface area contributed by atoms with Gasteiger partial charge in [0.25, 0.3) is 0 Å². The summed E-state index contributed by atoms with van der Waals surface area (Å²) in [5.41, 5.74) is 0.853. The number of hydrogen-bond donors (Lipinski definition) is 0. The summed E-state index contributed by atoms with van der Waals surface area (Å²) in [6.07, 6.45) is 4.47. The minimum atomic E-state index is -0.461. The van der Waals surface area contributed by atoms with Gasteiger partial charge in [0, 0.05) is 22.6 Å². The van der Waals surface area contributed by atoms with Gasteiger partial charge in [-0.05, 0) is 61.3 Å². The average molecular weight is 395 g/mol.